The average molecular weight is 379 g/mol. The molecule has 0 saturated carbocycles. The Kier molecular flexibility index (Phi) is 4.36. The first-order valence-corrected chi connectivity index (χ1v) is 8.37. The number of hydrogen-bond acceptors (Lipinski definition) is 8. The number of nitrogen functional groups attached to an aromatic ring is 1. The molecule has 142 valence electrons. The van der Waals surface area contributed by atoms with E-state index in [9.17, 15) is 4.79 Å². The number of carbonyl (C=O) groups excluding carboxylic acids is 1. The maximum absolute atomic E-state index is 12.9. The van der Waals surface area contributed by atoms with Crippen molar-refractivity contribution in [2.24, 2.45) is 0 Å². The lowest BCUT2D eigenvalue weighted by Crippen LogP contribution is -2.28. The Hall–Kier alpha value is -3.95. The lowest BCUT2D eigenvalue weighted by Gasteiger charge is -2.18. The number of methoxy groups -OCH3 is 1. The third-order valence-corrected chi connectivity index (χ3v) is 4.11. The summed E-state index contributed by atoms with van der Waals surface area (Å²) in [5, 5.41) is 4.27. The second kappa shape index (κ2) is 6.99. The molecular weight excluding hydrogens is 362 g/mol. The molecule has 0 fully saturated rings. The van der Waals surface area contributed by atoms with Gasteiger partial charge >= 0.3 is 0 Å². The molecule has 10 nitrogen and oxygen atoms in total. The van der Waals surface area contributed by atoms with Crippen LogP contribution in [0, 0.1) is 0 Å². The highest BCUT2D eigenvalue weighted by Crippen LogP contribution is 2.20. The van der Waals surface area contributed by atoms with Gasteiger partial charge in [0.25, 0.3) is 5.91 Å². The predicted molar refractivity (Wildman–Crippen MR) is 99.5 cm³/mol. The third kappa shape index (κ3) is 3.11. The van der Waals surface area contributed by atoms with Crippen LogP contribution in [0.25, 0.3) is 17.2 Å². The smallest absolute Gasteiger partial charge is 0.272 e. The molecule has 4 heterocycles. The molecule has 0 atom stereocenters. The summed E-state index contributed by atoms with van der Waals surface area (Å²) >= 11 is 0. The zero-order valence-electron chi connectivity index (χ0n) is 15.2. The van der Waals surface area contributed by atoms with Gasteiger partial charge in [0.05, 0.1) is 19.9 Å². The number of ether oxygens (including phenoxy) is 1. The summed E-state index contributed by atoms with van der Waals surface area (Å²) in [4.78, 5) is 27.0. The van der Waals surface area contributed by atoms with Crippen LogP contribution >= 0.6 is 0 Å². The van der Waals surface area contributed by atoms with Gasteiger partial charge in [0.15, 0.2) is 11.4 Å². The molecule has 4 aromatic rings. The van der Waals surface area contributed by atoms with Gasteiger partial charge in [-0.05, 0) is 18.2 Å². The van der Waals surface area contributed by atoms with Gasteiger partial charge in [-0.2, -0.15) is 4.52 Å². The normalized spacial score (nSPS) is 10.9. The van der Waals surface area contributed by atoms with Crippen molar-refractivity contribution >= 4 is 17.5 Å². The van der Waals surface area contributed by atoms with E-state index < -0.39 is 0 Å². The van der Waals surface area contributed by atoms with Crippen molar-refractivity contribution in [1.82, 2.24) is 29.5 Å². The molecule has 0 aliphatic rings. The third-order valence-electron chi connectivity index (χ3n) is 4.11. The molecule has 0 aliphatic heterocycles. The number of fused-ring (bicyclic) bond motifs is 1. The van der Waals surface area contributed by atoms with Crippen LogP contribution in [-0.4, -0.2) is 49.5 Å². The molecule has 0 aliphatic carbocycles. The predicted octanol–water partition coefficient (Wildman–Crippen LogP) is 1.64. The highest BCUT2D eigenvalue weighted by atomic mass is 16.5. The maximum Gasteiger partial charge on any atom is 0.272 e. The first-order valence-electron chi connectivity index (χ1n) is 8.37. The summed E-state index contributed by atoms with van der Waals surface area (Å²) in [6.07, 6.45) is 3.15. The fourth-order valence-corrected chi connectivity index (χ4v) is 2.78. The highest BCUT2D eigenvalue weighted by Gasteiger charge is 2.19. The van der Waals surface area contributed by atoms with E-state index in [-0.39, 0.29) is 17.5 Å². The van der Waals surface area contributed by atoms with Crippen molar-refractivity contribution < 1.29 is 13.9 Å². The average Bonchev–Trinajstić information content (AvgIpc) is 3.37. The van der Waals surface area contributed by atoms with Gasteiger partial charge in [-0.25, -0.2) is 15.0 Å². The number of anilines is 1. The lowest BCUT2D eigenvalue weighted by atomic mass is 10.2. The van der Waals surface area contributed by atoms with Gasteiger partial charge in [-0.15, -0.1) is 5.10 Å². The van der Waals surface area contributed by atoms with Gasteiger partial charge in [0, 0.05) is 24.9 Å². The van der Waals surface area contributed by atoms with Crippen LogP contribution in [-0.2, 0) is 6.54 Å². The second-order valence-corrected chi connectivity index (χ2v) is 6.02. The maximum atomic E-state index is 12.9. The number of amides is 1. The minimum Gasteiger partial charge on any atom is -0.481 e. The van der Waals surface area contributed by atoms with E-state index in [1.165, 1.54) is 28.9 Å². The van der Waals surface area contributed by atoms with Gasteiger partial charge < -0.3 is 19.8 Å². The molecular formula is C18H17N7O3. The summed E-state index contributed by atoms with van der Waals surface area (Å²) in [5.74, 6) is 1.06. The topological polar surface area (TPSA) is 125 Å². The Labute approximate surface area is 159 Å². The molecule has 0 saturated heterocycles. The Bertz CT molecular complexity index is 1140. The summed E-state index contributed by atoms with van der Waals surface area (Å²) in [6.45, 7) is 0.299. The van der Waals surface area contributed by atoms with E-state index in [4.69, 9.17) is 14.9 Å². The fourth-order valence-electron chi connectivity index (χ4n) is 2.78. The number of furan rings is 1. The van der Waals surface area contributed by atoms with Gasteiger partial charge in [-0.1, -0.05) is 6.07 Å². The summed E-state index contributed by atoms with van der Waals surface area (Å²) in [5.41, 5.74) is 7.31. The number of aromatic nitrogens is 5. The van der Waals surface area contributed by atoms with E-state index in [1.54, 1.807) is 31.4 Å². The van der Waals surface area contributed by atoms with E-state index in [1.807, 2.05) is 6.07 Å². The monoisotopic (exact) mass is 379 g/mol. The number of carbonyl (C=O) groups is 1. The molecule has 4 rings (SSSR count). The molecule has 0 radical (unpaired) electrons. The van der Waals surface area contributed by atoms with Crippen molar-refractivity contribution in [2.75, 3.05) is 19.9 Å². The standard InChI is InChI=1S/C18H17N7O3/c1-24(10-11-5-3-7-20-16(11)27-2)17(26)12-9-14-22-15(13-6-4-8-28-13)23-25(14)18(19)21-12/h3-9H,10H2,1-2H3,(H2,19,21). The van der Waals surface area contributed by atoms with E-state index in [0.717, 1.165) is 5.56 Å². The second-order valence-electron chi connectivity index (χ2n) is 6.02. The summed E-state index contributed by atoms with van der Waals surface area (Å²) in [6, 6.07) is 8.63. The lowest BCUT2D eigenvalue weighted by molar-refractivity contribution is 0.0778. The minimum atomic E-state index is -0.317. The molecule has 10 heteroatoms. The molecule has 1 amide bonds. The minimum absolute atomic E-state index is 0.0542. The Balaban J connectivity index is 1.63. The number of nitrogens with zero attached hydrogens (tertiary/aromatic N) is 6. The molecule has 0 aromatic carbocycles. The number of nitrogens with two attached hydrogens (primary N) is 1. The molecule has 2 N–H and O–H groups in total. The highest BCUT2D eigenvalue weighted by molar-refractivity contribution is 5.93. The number of rotatable bonds is 5. The van der Waals surface area contributed by atoms with Crippen LogP contribution in [0.15, 0.2) is 47.2 Å². The largest absolute Gasteiger partial charge is 0.481 e. The van der Waals surface area contributed by atoms with Gasteiger partial charge in [0.1, 0.15) is 5.69 Å². The molecule has 28 heavy (non-hydrogen) atoms. The first-order chi connectivity index (χ1) is 13.6. The zero-order valence-corrected chi connectivity index (χ0v) is 15.2. The number of hydrogen-bond donors (Lipinski definition) is 1. The number of pyridine rings is 1. The van der Waals surface area contributed by atoms with Crippen molar-refractivity contribution in [3.8, 4) is 17.5 Å². The summed E-state index contributed by atoms with van der Waals surface area (Å²) < 4.78 is 11.9. The Morgan fingerprint density at radius 2 is 2.18 bits per heavy atom. The van der Waals surface area contributed by atoms with Crippen molar-refractivity contribution in [3.05, 3.63) is 54.0 Å². The van der Waals surface area contributed by atoms with Crippen molar-refractivity contribution in [2.45, 2.75) is 6.54 Å². The van der Waals surface area contributed by atoms with Crippen LogP contribution in [0.1, 0.15) is 16.1 Å². The van der Waals surface area contributed by atoms with Crippen LogP contribution in [0.4, 0.5) is 5.95 Å². The molecule has 0 unspecified atom stereocenters. The SMILES string of the molecule is COc1ncccc1CN(C)C(=O)c1cc2nc(-c3ccco3)nn2c(N)n1. The summed E-state index contributed by atoms with van der Waals surface area (Å²) in [7, 11) is 3.20. The van der Waals surface area contributed by atoms with E-state index in [2.05, 4.69) is 20.1 Å². The fraction of sp³-hybridized carbons (Fsp3) is 0.167. The van der Waals surface area contributed by atoms with Crippen molar-refractivity contribution in [1.29, 1.82) is 0 Å². The molecule has 0 spiro atoms. The van der Waals surface area contributed by atoms with Crippen LogP contribution < -0.4 is 10.5 Å². The van der Waals surface area contributed by atoms with E-state index in [0.29, 0.717) is 29.7 Å². The van der Waals surface area contributed by atoms with E-state index >= 15 is 0 Å². The Morgan fingerprint density at radius 3 is 2.93 bits per heavy atom. The first kappa shape index (κ1) is 17.5. The van der Waals surface area contributed by atoms with Crippen LogP contribution in [0.3, 0.4) is 0 Å². The Morgan fingerprint density at radius 1 is 1.32 bits per heavy atom. The van der Waals surface area contributed by atoms with Gasteiger partial charge in [0.2, 0.25) is 17.7 Å². The molecule has 0 bridgehead atoms. The van der Waals surface area contributed by atoms with Crippen molar-refractivity contribution in [3.63, 3.8) is 0 Å². The molecule has 4 aromatic heterocycles. The zero-order chi connectivity index (χ0) is 19.7. The van der Waals surface area contributed by atoms with Gasteiger partial charge in [-0.3, -0.25) is 4.79 Å². The van der Waals surface area contributed by atoms with Crippen LogP contribution in [0.5, 0.6) is 5.88 Å². The van der Waals surface area contributed by atoms with Crippen LogP contribution in [0.2, 0.25) is 0 Å². The quantitative estimate of drug-likeness (QED) is 0.555.